The molecule has 0 spiro atoms. The number of likely N-dealkylation sites (N-methyl/N-ethyl adjacent to an activating group) is 1. The molecule has 44 heavy (non-hydrogen) atoms. The lowest BCUT2D eigenvalue weighted by atomic mass is 9.99. The van der Waals surface area contributed by atoms with Gasteiger partial charge in [0.1, 0.15) is 11.9 Å². The average molecular weight is 608 g/mol. The second-order valence-corrected chi connectivity index (χ2v) is 10.8. The van der Waals surface area contributed by atoms with Crippen molar-refractivity contribution >= 4 is 35.0 Å². The zero-order chi connectivity index (χ0) is 31.4. The molecule has 232 valence electrons. The summed E-state index contributed by atoms with van der Waals surface area (Å²) in [7, 11) is 1.59. The maximum atomic E-state index is 13.7. The number of amides is 5. The van der Waals surface area contributed by atoms with E-state index in [9.17, 15) is 23.9 Å². The van der Waals surface area contributed by atoms with Gasteiger partial charge in [-0.2, -0.15) is 0 Å². The molecule has 3 atom stereocenters. The summed E-state index contributed by atoms with van der Waals surface area (Å²) in [6, 6.07) is 13.7. The number of hydrogen-bond donors (Lipinski definition) is 4. The van der Waals surface area contributed by atoms with Crippen molar-refractivity contribution < 1.29 is 38.1 Å². The third-order valence-corrected chi connectivity index (χ3v) is 7.47. The lowest BCUT2D eigenvalue weighted by molar-refractivity contribution is 0.0373. The first-order valence-electron chi connectivity index (χ1n) is 14.1. The molecular formula is C31H34FN5O7. The molecule has 3 aromatic carbocycles. The highest BCUT2D eigenvalue weighted by Gasteiger charge is 2.35. The van der Waals surface area contributed by atoms with Crippen LogP contribution in [0.3, 0.4) is 0 Å². The molecular weight excluding hydrogens is 573 g/mol. The van der Waals surface area contributed by atoms with Gasteiger partial charge in [0.05, 0.1) is 30.4 Å². The van der Waals surface area contributed by atoms with Gasteiger partial charge in [0, 0.05) is 37.0 Å². The number of benzene rings is 3. The predicted molar refractivity (Wildman–Crippen MR) is 161 cm³/mol. The number of halogens is 1. The van der Waals surface area contributed by atoms with Crippen molar-refractivity contribution in [2.45, 2.75) is 26.0 Å². The number of aliphatic hydroxyl groups excluding tert-OH is 1. The van der Waals surface area contributed by atoms with Crippen LogP contribution in [0.5, 0.6) is 17.2 Å². The molecule has 5 rings (SSSR count). The van der Waals surface area contributed by atoms with Gasteiger partial charge in [0.2, 0.25) is 6.79 Å². The second-order valence-electron chi connectivity index (χ2n) is 10.8. The number of hydrogen-bond acceptors (Lipinski definition) is 7. The maximum absolute atomic E-state index is 13.7. The Balaban J connectivity index is 1.39. The smallest absolute Gasteiger partial charge is 0.323 e. The van der Waals surface area contributed by atoms with Crippen LogP contribution in [-0.2, 0) is 0 Å². The Labute approximate surface area is 253 Å². The lowest BCUT2D eigenvalue weighted by Crippen LogP contribution is -2.50. The van der Waals surface area contributed by atoms with E-state index < -0.39 is 30.0 Å². The number of urea groups is 2. The van der Waals surface area contributed by atoms with Crippen LogP contribution in [0.4, 0.5) is 31.0 Å². The molecule has 0 bridgehead atoms. The predicted octanol–water partition coefficient (Wildman–Crippen LogP) is 4.58. The van der Waals surface area contributed by atoms with Crippen LogP contribution in [0.2, 0.25) is 0 Å². The van der Waals surface area contributed by atoms with Gasteiger partial charge >= 0.3 is 12.1 Å². The van der Waals surface area contributed by atoms with E-state index >= 15 is 0 Å². The molecule has 2 heterocycles. The topological polar surface area (TPSA) is 142 Å². The summed E-state index contributed by atoms with van der Waals surface area (Å²) in [5.41, 5.74) is 1.32. The minimum absolute atomic E-state index is 0.0983. The van der Waals surface area contributed by atoms with E-state index in [1.165, 1.54) is 29.2 Å². The van der Waals surface area contributed by atoms with Gasteiger partial charge < -0.3 is 45.1 Å². The zero-order valence-electron chi connectivity index (χ0n) is 24.5. The fourth-order valence-corrected chi connectivity index (χ4v) is 4.92. The maximum Gasteiger partial charge on any atom is 0.323 e. The summed E-state index contributed by atoms with van der Waals surface area (Å²) in [4.78, 5) is 42.8. The fourth-order valence-electron chi connectivity index (χ4n) is 4.92. The van der Waals surface area contributed by atoms with E-state index in [1.807, 2.05) is 6.92 Å². The fraction of sp³-hybridized carbons (Fsp3) is 0.323. The Kier molecular flexibility index (Phi) is 9.04. The highest BCUT2D eigenvalue weighted by molar-refractivity contribution is 6.04. The summed E-state index contributed by atoms with van der Waals surface area (Å²) in [5.74, 6) is 0.135. The molecule has 0 unspecified atom stereocenters. The van der Waals surface area contributed by atoms with Gasteiger partial charge in [-0.15, -0.1) is 0 Å². The summed E-state index contributed by atoms with van der Waals surface area (Å²) in [6.45, 7) is 3.83. The third kappa shape index (κ3) is 6.78. The SMILES string of the molecule is C[C@H]1CN([C@@H](C)CO)C(=O)c2cccc(NC(=O)Nc3ccc4c(c3)OCO4)c2O[C@@H]1CN(C)C(=O)Nc1ccc(F)cc1. The Bertz CT molecular complexity index is 1540. The van der Waals surface area contributed by atoms with Gasteiger partial charge in [0.25, 0.3) is 5.91 Å². The first-order chi connectivity index (χ1) is 21.1. The highest BCUT2D eigenvalue weighted by atomic mass is 19.1. The minimum Gasteiger partial charge on any atom is -0.485 e. The van der Waals surface area contributed by atoms with Crippen LogP contribution in [-0.4, -0.2) is 78.6 Å². The number of rotatable bonds is 7. The number of nitrogens with one attached hydrogen (secondary N) is 3. The van der Waals surface area contributed by atoms with E-state index in [2.05, 4.69) is 16.0 Å². The quantitative estimate of drug-likeness (QED) is 0.308. The van der Waals surface area contributed by atoms with Gasteiger partial charge in [-0.3, -0.25) is 4.79 Å². The van der Waals surface area contributed by atoms with Crippen molar-refractivity contribution in [1.29, 1.82) is 0 Å². The molecule has 2 aliphatic rings. The Morgan fingerprint density at radius 1 is 1.05 bits per heavy atom. The molecule has 0 fully saturated rings. The molecule has 0 saturated carbocycles. The van der Waals surface area contributed by atoms with Gasteiger partial charge in [-0.25, -0.2) is 14.0 Å². The van der Waals surface area contributed by atoms with Crippen LogP contribution < -0.4 is 30.2 Å². The van der Waals surface area contributed by atoms with E-state index in [-0.39, 0.29) is 55.3 Å². The van der Waals surface area contributed by atoms with Crippen LogP contribution in [0.1, 0.15) is 24.2 Å². The van der Waals surface area contributed by atoms with E-state index in [1.54, 1.807) is 55.3 Å². The van der Waals surface area contributed by atoms with Crippen LogP contribution in [0.15, 0.2) is 60.7 Å². The summed E-state index contributed by atoms with van der Waals surface area (Å²) < 4.78 is 30.5. The minimum atomic E-state index is -0.626. The van der Waals surface area contributed by atoms with Gasteiger partial charge in [-0.05, 0) is 55.5 Å². The molecule has 5 amide bonds. The molecule has 0 aromatic heterocycles. The van der Waals surface area contributed by atoms with Crippen molar-refractivity contribution in [3.8, 4) is 17.2 Å². The number of para-hydroxylation sites is 1. The average Bonchev–Trinajstić information content (AvgIpc) is 3.48. The van der Waals surface area contributed by atoms with Crippen LogP contribution in [0.25, 0.3) is 0 Å². The molecule has 4 N–H and O–H groups in total. The van der Waals surface area contributed by atoms with E-state index in [0.717, 1.165) is 0 Å². The van der Waals surface area contributed by atoms with Crippen LogP contribution >= 0.6 is 0 Å². The van der Waals surface area contributed by atoms with Crippen LogP contribution in [0, 0.1) is 11.7 Å². The van der Waals surface area contributed by atoms with Crippen molar-refractivity contribution in [2.75, 3.05) is 49.5 Å². The summed E-state index contributed by atoms with van der Waals surface area (Å²) in [6.07, 6.45) is -0.626. The molecule has 3 aromatic rings. The molecule has 13 heteroatoms. The normalized spacial score (nSPS) is 17.8. The van der Waals surface area contributed by atoms with E-state index in [0.29, 0.717) is 22.9 Å². The molecule has 0 saturated heterocycles. The molecule has 2 aliphatic heterocycles. The van der Waals surface area contributed by atoms with Gasteiger partial charge in [0.15, 0.2) is 17.2 Å². The standard InChI is InChI=1S/C31H34FN5O7/c1-18-14-37(19(2)16-38)29(39)23-5-4-6-24(35-30(40)33-22-11-12-25-26(13-22)43-17-42-25)28(23)44-27(18)15-36(3)31(41)34-21-9-7-20(32)8-10-21/h4-13,18-19,27,38H,14-17H2,1-3H3,(H,34,41)(H2,33,35,40)/t18-,19-,27+/m0/s1. The van der Waals surface area contributed by atoms with Crippen molar-refractivity contribution in [1.82, 2.24) is 9.80 Å². The Morgan fingerprint density at radius 2 is 1.77 bits per heavy atom. The third-order valence-electron chi connectivity index (χ3n) is 7.47. The monoisotopic (exact) mass is 607 g/mol. The Morgan fingerprint density at radius 3 is 2.52 bits per heavy atom. The van der Waals surface area contributed by atoms with Gasteiger partial charge in [-0.1, -0.05) is 13.0 Å². The highest BCUT2D eigenvalue weighted by Crippen LogP contribution is 2.36. The number of anilines is 3. The number of carbonyl (C=O) groups excluding carboxylic acids is 3. The first kappa shape index (κ1) is 30.4. The summed E-state index contributed by atoms with van der Waals surface area (Å²) >= 11 is 0. The molecule has 12 nitrogen and oxygen atoms in total. The first-order valence-corrected chi connectivity index (χ1v) is 14.1. The molecule has 0 aliphatic carbocycles. The van der Waals surface area contributed by atoms with E-state index in [4.69, 9.17) is 14.2 Å². The second kappa shape index (κ2) is 13.1. The van der Waals surface area contributed by atoms with Crippen molar-refractivity contribution in [2.24, 2.45) is 5.92 Å². The summed E-state index contributed by atoms with van der Waals surface area (Å²) in [5, 5.41) is 18.2. The molecule has 0 radical (unpaired) electrons. The number of aliphatic hydroxyl groups is 1. The zero-order valence-corrected chi connectivity index (χ0v) is 24.5. The Hall–Kier alpha value is -5.04. The van der Waals surface area contributed by atoms with Crippen molar-refractivity contribution in [3.63, 3.8) is 0 Å². The number of nitrogens with zero attached hydrogens (tertiary/aromatic N) is 2. The lowest BCUT2D eigenvalue weighted by Gasteiger charge is -2.38. The van der Waals surface area contributed by atoms with Crippen molar-refractivity contribution in [3.05, 3.63) is 72.0 Å². The largest absolute Gasteiger partial charge is 0.485 e. The number of fused-ring (bicyclic) bond motifs is 2. The number of ether oxygens (including phenoxy) is 3. The number of carbonyl (C=O) groups is 3.